The number of benzene rings is 3. The fourth-order valence-electron chi connectivity index (χ4n) is 6.47. The number of hydrogen-bond donors (Lipinski definition) is 1. The van der Waals surface area contributed by atoms with Gasteiger partial charge in [0.2, 0.25) is 0 Å². The summed E-state index contributed by atoms with van der Waals surface area (Å²) in [5, 5.41) is 0. The molecule has 7 heteroatoms. The SMILES string of the molecule is CC(C)P(C(C)C)C(C)C.CCc1ccccc1.Cc1cc(C)c(N2C=CN(c3c(C)cc(C)cc3C)C2S)c(C)c1.[Cl-].[Cl-].[Ru+6]. The van der Waals surface area contributed by atoms with Crippen molar-refractivity contribution < 1.29 is 44.3 Å². The summed E-state index contributed by atoms with van der Waals surface area (Å²) < 4.78 is 0. The minimum atomic E-state index is -0.0368. The second-order valence-electron chi connectivity index (χ2n) is 12.5. The molecule has 0 aliphatic carbocycles. The van der Waals surface area contributed by atoms with E-state index in [9.17, 15) is 0 Å². The molecule has 0 radical (unpaired) electrons. The van der Waals surface area contributed by atoms with E-state index in [4.69, 9.17) is 12.6 Å². The van der Waals surface area contributed by atoms with Crippen LogP contribution in [0.3, 0.4) is 0 Å². The molecule has 0 atom stereocenters. The van der Waals surface area contributed by atoms with Crippen LogP contribution in [0.4, 0.5) is 11.4 Å². The van der Waals surface area contributed by atoms with Crippen molar-refractivity contribution in [2.75, 3.05) is 9.80 Å². The molecule has 1 aliphatic heterocycles. The van der Waals surface area contributed by atoms with E-state index in [0.717, 1.165) is 23.4 Å². The Balaban J connectivity index is 0. The average molecular weight is 777 g/mol. The third kappa shape index (κ3) is 13.2. The van der Waals surface area contributed by atoms with Gasteiger partial charge in [0.25, 0.3) is 0 Å². The van der Waals surface area contributed by atoms with Crippen molar-refractivity contribution >= 4 is 31.9 Å². The van der Waals surface area contributed by atoms with Crippen LogP contribution in [-0.4, -0.2) is 22.5 Å². The molecule has 0 spiro atoms. The van der Waals surface area contributed by atoms with Gasteiger partial charge in [0.15, 0.2) is 5.50 Å². The maximum absolute atomic E-state index is 4.94. The molecule has 0 bridgehead atoms. The Labute approximate surface area is 309 Å². The quantitative estimate of drug-likeness (QED) is 0.201. The third-order valence-corrected chi connectivity index (χ3v) is 11.8. The van der Waals surface area contributed by atoms with E-state index in [1.807, 2.05) is 6.07 Å². The first-order valence-electron chi connectivity index (χ1n) is 15.6. The van der Waals surface area contributed by atoms with Gasteiger partial charge in [-0.3, -0.25) is 0 Å². The van der Waals surface area contributed by atoms with E-state index in [-0.39, 0.29) is 57.7 Å². The molecule has 0 saturated carbocycles. The van der Waals surface area contributed by atoms with Gasteiger partial charge < -0.3 is 34.6 Å². The number of nitrogens with zero attached hydrogens (tertiary/aromatic N) is 2. The summed E-state index contributed by atoms with van der Waals surface area (Å²) in [6.07, 6.45) is 5.42. The van der Waals surface area contributed by atoms with Crippen LogP contribution >= 0.6 is 20.6 Å². The molecule has 1 heterocycles. The van der Waals surface area contributed by atoms with Gasteiger partial charge in [-0.05, 0) is 92.8 Å². The number of halogens is 2. The van der Waals surface area contributed by atoms with Crippen LogP contribution in [0.15, 0.2) is 67.0 Å². The van der Waals surface area contributed by atoms with E-state index in [2.05, 4.69) is 161 Å². The van der Waals surface area contributed by atoms with Crippen LogP contribution in [0, 0.1) is 41.5 Å². The van der Waals surface area contributed by atoms with Gasteiger partial charge in [-0.2, -0.15) is 0 Å². The molecule has 0 aromatic heterocycles. The first-order chi connectivity index (χ1) is 19.7. The normalized spacial score (nSPS) is 12.3. The van der Waals surface area contributed by atoms with Crippen molar-refractivity contribution in [2.45, 2.75) is 119 Å². The molecular weight excluding hydrogens is 719 g/mol. The van der Waals surface area contributed by atoms with Gasteiger partial charge >= 0.3 is 19.5 Å². The van der Waals surface area contributed by atoms with Gasteiger partial charge in [-0.15, -0.1) is 12.6 Å². The van der Waals surface area contributed by atoms with Crippen molar-refractivity contribution in [3.8, 4) is 0 Å². The molecule has 0 fully saturated rings. The summed E-state index contributed by atoms with van der Waals surface area (Å²) in [5.41, 5.74) is 14.3. The first-order valence-corrected chi connectivity index (χ1v) is 17.7. The standard InChI is InChI=1S/C21H26N2S.C9H21P.C8H10.2ClH.Ru/c1-13-9-15(3)19(16(4)10-13)22-7-8-23(21(22)24)20-17(5)11-14(2)12-18(20)6;1-7(2)10(8(3)4)9(5)6;1-2-8-6-4-3-5-7-8;;;/h7-12,21,24H,1-6H3;7-9H,1-6H3;3-7H,2H2,1H3;2*1H;/q;;;;;+6/p-2. The fourth-order valence-corrected chi connectivity index (χ4v) is 10.4. The van der Waals surface area contributed by atoms with E-state index in [1.54, 1.807) is 0 Å². The predicted molar refractivity (Wildman–Crippen MR) is 196 cm³/mol. The van der Waals surface area contributed by atoms with Gasteiger partial charge in [0.05, 0.1) is 0 Å². The van der Waals surface area contributed by atoms with E-state index in [1.165, 1.54) is 50.3 Å². The van der Waals surface area contributed by atoms with Crippen LogP contribution in [0.5, 0.6) is 0 Å². The molecule has 0 unspecified atom stereocenters. The van der Waals surface area contributed by atoms with Crippen molar-refractivity contribution in [3.05, 3.63) is 106 Å². The first kappa shape index (κ1) is 46.1. The molecule has 3 aromatic carbocycles. The zero-order valence-electron chi connectivity index (χ0n) is 29.8. The topological polar surface area (TPSA) is 6.48 Å². The van der Waals surface area contributed by atoms with Crippen LogP contribution < -0.4 is 34.6 Å². The summed E-state index contributed by atoms with van der Waals surface area (Å²) >= 11 is 4.94. The van der Waals surface area contributed by atoms with Crippen LogP contribution in [0.1, 0.15) is 87.4 Å². The summed E-state index contributed by atoms with van der Waals surface area (Å²) in [7, 11) is 0.262. The zero-order valence-corrected chi connectivity index (χ0v) is 34.8. The molecule has 3 aromatic rings. The maximum atomic E-state index is 4.94. The molecule has 4 rings (SSSR count). The largest absolute Gasteiger partial charge is 6.00 e. The van der Waals surface area contributed by atoms with Gasteiger partial charge in [-0.1, -0.05) is 122 Å². The molecule has 45 heavy (non-hydrogen) atoms. The van der Waals surface area contributed by atoms with Crippen molar-refractivity contribution in [2.24, 2.45) is 0 Å². The molecule has 1 aliphatic rings. The fraction of sp³-hybridized carbons (Fsp3) is 0.474. The van der Waals surface area contributed by atoms with Gasteiger partial charge in [0, 0.05) is 23.8 Å². The Kier molecular flexibility index (Phi) is 22.3. The zero-order chi connectivity index (χ0) is 31.7. The minimum Gasteiger partial charge on any atom is -1.00 e. The number of anilines is 2. The van der Waals surface area contributed by atoms with E-state index >= 15 is 0 Å². The van der Waals surface area contributed by atoms with Gasteiger partial charge in [0.1, 0.15) is 0 Å². The average Bonchev–Trinajstić information content (AvgIpc) is 3.23. The smallest absolute Gasteiger partial charge is 1.00 e. The van der Waals surface area contributed by atoms with Crippen LogP contribution in [0.25, 0.3) is 0 Å². The van der Waals surface area contributed by atoms with Crippen molar-refractivity contribution in [3.63, 3.8) is 0 Å². The second kappa shape index (κ2) is 21.8. The summed E-state index contributed by atoms with van der Waals surface area (Å²) in [6, 6.07) is 19.4. The Morgan fingerprint density at radius 3 is 1.16 bits per heavy atom. The summed E-state index contributed by atoms with van der Waals surface area (Å²) in [4.78, 5) is 4.51. The number of thiol groups is 1. The summed E-state index contributed by atoms with van der Waals surface area (Å²) in [5.74, 6) is 0. The van der Waals surface area contributed by atoms with E-state index in [0.29, 0.717) is 0 Å². The molecular formula is C38H57Cl2N2PRuS+4. The Morgan fingerprint density at radius 1 is 0.622 bits per heavy atom. The molecule has 2 nitrogen and oxygen atoms in total. The van der Waals surface area contributed by atoms with Crippen LogP contribution in [-0.2, 0) is 25.9 Å². The Morgan fingerprint density at radius 2 is 0.933 bits per heavy atom. The monoisotopic (exact) mass is 776 g/mol. The van der Waals surface area contributed by atoms with Gasteiger partial charge in [-0.25, -0.2) is 0 Å². The van der Waals surface area contributed by atoms with Crippen molar-refractivity contribution in [1.29, 1.82) is 0 Å². The number of rotatable bonds is 6. The van der Waals surface area contributed by atoms with Crippen LogP contribution in [0.2, 0.25) is 0 Å². The molecule has 0 N–H and O–H groups in total. The molecule has 0 saturated heterocycles. The van der Waals surface area contributed by atoms with Crippen molar-refractivity contribution in [1.82, 2.24) is 0 Å². The second-order valence-corrected chi connectivity index (χ2v) is 17.0. The molecule has 248 valence electrons. The third-order valence-electron chi connectivity index (χ3n) is 7.71. The Hall–Kier alpha value is -1.02. The summed E-state index contributed by atoms with van der Waals surface area (Å²) in [6.45, 7) is 29.3. The molecule has 0 amide bonds. The number of aryl methyl sites for hydroxylation is 7. The maximum Gasteiger partial charge on any atom is 6.00 e. The Bertz CT molecular complexity index is 1180. The van der Waals surface area contributed by atoms with E-state index < -0.39 is 0 Å². The minimum absolute atomic E-state index is 0. The predicted octanol–water partition coefficient (Wildman–Crippen LogP) is 5.50. The number of hydrogen-bond acceptors (Lipinski definition) is 3.